The number of halogens is 5. The number of benzene rings is 1. The summed E-state index contributed by atoms with van der Waals surface area (Å²) in [5.74, 6) is -12.2. The van der Waals surface area contributed by atoms with E-state index in [2.05, 4.69) is 0 Å². The number of hydrogen-bond donors (Lipinski definition) is 1. The minimum atomic E-state index is -2.31. The Bertz CT molecular complexity index is 552. The summed E-state index contributed by atoms with van der Waals surface area (Å²) in [5, 5.41) is 0. The van der Waals surface area contributed by atoms with Crippen LogP contribution < -0.4 is 5.73 Å². The Balaban J connectivity index is 2.48. The minimum absolute atomic E-state index is 0.0254. The first kappa shape index (κ1) is 15.6. The lowest BCUT2D eigenvalue weighted by Crippen LogP contribution is -2.52. The molecule has 1 aromatic rings. The number of carbonyl (C=O) groups excluding carboxylic acids is 1. The zero-order valence-corrected chi connectivity index (χ0v) is 10.6. The molecule has 0 bridgehead atoms. The van der Waals surface area contributed by atoms with Crippen LogP contribution in [0.2, 0.25) is 0 Å². The van der Waals surface area contributed by atoms with Crippen LogP contribution in [0, 0.1) is 29.1 Å². The average molecular weight is 310 g/mol. The largest absolute Gasteiger partial charge is 0.377 e. The first-order valence-corrected chi connectivity index (χ1v) is 6.00. The van der Waals surface area contributed by atoms with Gasteiger partial charge in [-0.1, -0.05) is 0 Å². The summed E-state index contributed by atoms with van der Waals surface area (Å²) < 4.78 is 71.5. The van der Waals surface area contributed by atoms with Crippen LogP contribution in [-0.2, 0) is 4.74 Å². The van der Waals surface area contributed by atoms with E-state index >= 15 is 0 Å². The van der Waals surface area contributed by atoms with Gasteiger partial charge in [0, 0.05) is 13.1 Å². The quantitative estimate of drug-likeness (QED) is 0.507. The Kier molecular flexibility index (Phi) is 4.43. The van der Waals surface area contributed by atoms with E-state index in [1.165, 1.54) is 0 Å². The van der Waals surface area contributed by atoms with Crippen LogP contribution in [-0.4, -0.2) is 43.2 Å². The first-order chi connectivity index (χ1) is 9.90. The molecule has 0 aromatic heterocycles. The van der Waals surface area contributed by atoms with Crippen molar-refractivity contribution in [3.05, 3.63) is 34.6 Å². The summed E-state index contributed by atoms with van der Waals surface area (Å²) in [4.78, 5) is 13.1. The average Bonchev–Trinajstić information content (AvgIpc) is 2.51. The fourth-order valence-electron chi connectivity index (χ4n) is 2.05. The van der Waals surface area contributed by atoms with E-state index in [1.807, 2.05) is 0 Å². The van der Waals surface area contributed by atoms with Crippen molar-refractivity contribution in [3.8, 4) is 0 Å². The molecule has 2 N–H and O–H groups in total. The molecule has 1 aliphatic heterocycles. The molecule has 0 saturated carbocycles. The Morgan fingerprint density at radius 1 is 1.10 bits per heavy atom. The van der Waals surface area contributed by atoms with Crippen molar-refractivity contribution in [1.82, 2.24) is 4.90 Å². The van der Waals surface area contributed by atoms with Gasteiger partial charge in [0.25, 0.3) is 5.91 Å². The van der Waals surface area contributed by atoms with E-state index in [4.69, 9.17) is 10.5 Å². The molecule has 1 aromatic carbocycles. The molecular formula is C12H11F5N2O2. The van der Waals surface area contributed by atoms with E-state index in [0.29, 0.717) is 0 Å². The topological polar surface area (TPSA) is 55.6 Å². The van der Waals surface area contributed by atoms with Crippen LogP contribution in [0.25, 0.3) is 0 Å². The molecule has 1 unspecified atom stereocenters. The fourth-order valence-corrected chi connectivity index (χ4v) is 2.05. The van der Waals surface area contributed by atoms with Gasteiger partial charge >= 0.3 is 0 Å². The third-order valence-corrected chi connectivity index (χ3v) is 3.18. The van der Waals surface area contributed by atoms with E-state index in [0.717, 1.165) is 4.90 Å². The maximum Gasteiger partial charge on any atom is 0.260 e. The number of hydrogen-bond acceptors (Lipinski definition) is 3. The number of rotatable bonds is 2. The SMILES string of the molecule is NCC1COCCN1C(=O)c1c(F)c(F)c(F)c(F)c1F. The third kappa shape index (κ3) is 2.58. The number of amides is 1. The van der Waals surface area contributed by atoms with Gasteiger partial charge in [0.1, 0.15) is 5.56 Å². The van der Waals surface area contributed by atoms with E-state index in [-0.39, 0.29) is 26.3 Å². The fraction of sp³-hybridized carbons (Fsp3) is 0.417. The van der Waals surface area contributed by atoms with Gasteiger partial charge in [-0.2, -0.15) is 0 Å². The van der Waals surface area contributed by atoms with Crippen LogP contribution in [0.4, 0.5) is 22.0 Å². The number of carbonyl (C=O) groups is 1. The molecule has 0 radical (unpaired) electrons. The standard InChI is InChI=1S/C12H11F5N2O2/c13-7-6(8(14)10(16)11(17)9(7)15)12(20)19-1-2-21-4-5(19)3-18/h5H,1-4,18H2. The predicted molar refractivity (Wildman–Crippen MR) is 60.9 cm³/mol. The van der Waals surface area contributed by atoms with Crippen molar-refractivity contribution in [1.29, 1.82) is 0 Å². The van der Waals surface area contributed by atoms with Gasteiger partial charge in [-0.25, -0.2) is 22.0 Å². The maximum absolute atomic E-state index is 13.6. The summed E-state index contributed by atoms with van der Waals surface area (Å²) in [6, 6.07) is -0.693. The molecular weight excluding hydrogens is 299 g/mol. The minimum Gasteiger partial charge on any atom is -0.377 e. The molecule has 0 aliphatic carbocycles. The Hall–Kier alpha value is -1.74. The zero-order chi connectivity index (χ0) is 15.7. The lowest BCUT2D eigenvalue weighted by Gasteiger charge is -2.35. The molecule has 1 aliphatic rings. The van der Waals surface area contributed by atoms with Gasteiger partial charge in [-0.3, -0.25) is 4.79 Å². The first-order valence-electron chi connectivity index (χ1n) is 6.00. The van der Waals surface area contributed by atoms with Crippen LogP contribution >= 0.6 is 0 Å². The van der Waals surface area contributed by atoms with Crippen molar-refractivity contribution in [3.63, 3.8) is 0 Å². The second kappa shape index (κ2) is 5.94. The Labute approximate surface area is 116 Å². The third-order valence-electron chi connectivity index (χ3n) is 3.18. The molecule has 1 amide bonds. The number of morpholine rings is 1. The number of ether oxygens (including phenoxy) is 1. The second-order valence-corrected chi connectivity index (χ2v) is 4.41. The van der Waals surface area contributed by atoms with Gasteiger partial charge in [-0.05, 0) is 0 Å². The molecule has 2 rings (SSSR count). The molecule has 116 valence electrons. The second-order valence-electron chi connectivity index (χ2n) is 4.41. The van der Waals surface area contributed by atoms with E-state index < -0.39 is 46.6 Å². The highest BCUT2D eigenvalue weighted by atomic mass is 19.2. The Morgan fingerprint density at radius 3 is 2.14 bits per heavy atom. The maximum atomic E-state index is 13.6. The number of nitrogens with zero attached hydrogens (tertiary/aromatic N) is 1. The molecule has 1 saturated heterocycles. The van der Waals surface area contributed by atoms with Crippen LogP contribution in [0.5, 0.6) is 0 Å². The molecule has 4 nitrogen and oxygen atoms in total. The lowest BCUT2D eigenvalue weighted by molar-refractivity contribution is 0.000206. The van der Waals surface area contributed by atoms with Crippen molar-refractivity contribution in [2.75, 3.05) is 26.3 Å². The molecule has 1 fully saturated rings. The predicted octanol–water partition coefficient (Wildman–Crippen LogP) is 1.18. The van der Waals surface area contributed by atoms with Crippen molar-refractivity contribution < 1.29 is 31.5 Å². The van der Waals surface area contributed by atoms with Gasteiger partial charge < -0.3 is 15.4 Å². The highest BCUT2D eigenvalue weighted by Gasteiger charge is 2.35. The summed E-state index contributed by atoms with van der Waals surface area (Å²) >= 11 is 0. The zero-order valence-electron chi connectivity index (χ0n) is 10.6. The van der Waals surface area contributed by atoms with Crippen molar-refractivity contribution in [2.45, 2.75) is 6.04 Å². The molecule has 1 atom stereocenters. The molecule has 21 heavy (non-hydrogen) atoms. The molecule has 9 heteroatoms. The summed E-state index contributed by atoms with van der Waals surface area (Å²) in [6.07, 6.45) is 0. The van der Waals surface area contributed by atoms with Gasteiger partial charge in [-0.15, -0.1) is 0 Å². The van der Waals surface area contributed by atoms with Gasteiger partial charge in [0.2, 0.25) is 5.82 Å². The summed E-state index contributed by atoms with van der Waals surface area (Å²) in [5.41, 5.74) is 3.92. The summed E-state index contributed by atoms with van der Waals surface area (Å²) in [7, 11) is 0. The van der Waals surface area contributed by atoms with Gasteiger partial charge in [0.15, 0.2) is 23.3 Å². The highest BCUT2D eigenvalue weighted by Crippen LogP contribution is 2.25. The normalized spacial score (nSPS) is 19.0. The highest BCUT2D eigenvalue weighted by molar-refractivity contribution is 5.95. The van der Waals surface area contributed by atoms with E-state index in [1.54, 1.807) is 0 Å². The molecule has 0 spiro atoms. The smallest absolute Gasteiger partial charge is 0.260 e. The summed E-state index contributed by atoms with van der Waals surface area (Å²) in [6.45, 7) is -0.0173. The Morgan fingerprint density at radius 2 is 1.62 bits per heavy atom. The van der Waals surface area contributed by atoms with Crippen LogP contribution in [0.1, 0.15) is 10.4 Å². The van der Waals surface area contributed by atoms with Crippen LogP contribution in [0.3, 0.4) is 0 Å². The van der Waals surface area contributed by atoms with E-state index in [9.17, 15) is 26.7 Å². The van der Waals surface area contributed by atoms with Gasteiger partial charge in [0.05, 0.1) is 19.3 Å². The van der Waals surface area contributed by atoms with Crippen molar-refractivity contribution >= 4 is 5.91 Å². The lowest BCUT2D eigenvalue weighted by atomic mass is 10.1. The number of nitrogens with two attached hydrogens (primary N) is 1. The van der Waals surface area contributed by atoms with Crippen molar-refractivity contribution in [2.24, 2.45) is 5.73 Å². The van der Waals surface area contributed by atoms with Crippen LogP contribution in [0.15, 0.2) is 0 Å². The molecule has 1 heterocycles. The monoisotopic (exact) mass is 310 g/mol.